The molecule has 0 fully saturated rings. The van der Waals surface area contributed by atoms with Gasteiger partial charge in [0.25, 0.3) is 0 Å². The van der Waals surface area contributed by atoms with Crippen LogP contribution in [0.15, 0.2) is 97.2 Å². The SMILES string of the molecule is COc1ccc(CNc2ncccc2C(C)Nc2nc(Cl)nc3c(F)c(-c4nc(N(Cc5ccc(OC)cc5)Cc5ccc(OC)cc5)c(F)c(C)c4C(F)(F)F)c(Cl)cc23)cc1. The van der Waals surface area contributed by atoms with Crippen molar-refractivity contribution in [1.82, 2.24) is 19.9 Å². The van der Waals surface area contributed by atoms with E-state index in [0.29, 0.717) is 40.6 Å². The van der Waals surface area contributed by atoms with E-state index < -0.39 is 67.9 Å². The number of hydrogen-bond acceptors (Lipinski definition) is 10. The molecule has 1 unspecified atom stereocenters. The Labute approximate surface area is 370 Å². The van der Waals surface area contributed by atoms with Crippen molar-refractivity contribution in [1.29, 1.82) is 0 Å². The molecule has 4 aromatic carbocycles. The topological polar surface area (TPSA) is 107 Å². The molecule has 0 aliphatic carbocycles. The Morgan fingerprint density at radius 3 is 1.83 bits per heavy atom. The van der Waals surface area contributed by atoms with E-state index in [4.69, 9.17) is 37.4 Å². The molecule has 17 heteroatoms. The quantitative estimate of drug-likeness (QED) is 0.0763. The molecule has 1 atom stereocenters. The first kappa shape index (κ1) is 44.6. The first-order valence-corrected chi connectivity index (χ1v) is 20.2. The van der Waals surface area contributed by atoms with Crippen LogP contribution in [-0.4, -0.2) is 41.3 Å². The number of aromatic nitrogens is 4. The summed E-state index contributed by atoms with van der Waals surface area (Å²) in [6, 6.07) is 25.6. The summed E-state index contributed by atoms with van der Waals surface area (Å²) in [6.07, 6.45) is -3.56. The average molecular weight is 905 g/mol. The van der Waals surface area contributed by atoms with Gasteiger partial charge in [0.2, 0.25) is 5.28 Å². The zero-order valence-corrected chi connectivity index (χ0v) is 36.1. The van der Waals surface area contributed by atoms with Crippen LogP contribution in [-0.2, 0) is 25.8 Å². The van der Waals surface area contributed by atoms with Gasteiger partial charge in [-0.15, -0.1) is 0 Å². The zero-order valence-electron chi connectivity index (χ0n) is 34.5. The molecular formula is C46H40Cl2F5N7O3. The van der Waals surface area contributed by atoms with Gasteiger partial charge < -0.3 is 29.7 Å². The van der Waals surface area contributed by atoms with Gasteiger partial charge in [0.1, 0.15) is 34.4 Å². The lowest BCUT2D eigenvalue weighted by Crippen LogP contribution is -2.26. The number of halogens is 7. The van der Waals surface area contributed by atoms with E-state index in [1.807, 2.05) is 37.3 Å². The van der Waals surface area contributed by atoms with Crippen LogP contribution in [0.5, 0.6) is 17.2 Å². The van der Waals surface area contributed by atoms with E-state index in [0.717, 1.165) is 18.2 Å². The number of rotatable bonds is 15. The second-order valence-corrected chi connectivity index (χ2v) is 15.2. The van der Waals surface area contributed by atoms with Crippen LogP contribution in [0.4, 0.5) is 39.4 Å². The molecule has 0 amide bonds. The van der Waals surface area contributed by atoms with Gasteiger partial charge in [-0.25, -0.2) is 28.7 Å². The van der Waals surface area contributed by atoms with Crippen molar-refractivity contribution in [3.63, 3.8) is 0 Å². The van der Waals surface area contributed by atoms with Crippen molar-refractivity contribution >= 4 is 51.6 Å². The molecule has 10 nitrogen and oxygen atoms in total. The molecule has 0 saturated heterocycles. The molecule has 0 aliphatic rings. The summed E-state index contributed by atoms with van der Waals surface area (Å²) in [5, 5.41) is 5.70. The number of alkyl halides is 3. The number of benzene rings is 4. The molecule has 7 aromatic rings. The fraction of sp³-hybridized carbons (Fsp3) is 0.217. The maximum atomic E-state index is 17.2. The zero-order chi connectivity index (χ0) is 45.0. The maximum absolute atomic E-state index is 17.2. The highest BCUT2D eigenvalue weighted by molar-refractivity contribution is 6.34. The van der Waals surface area contributed by atoms with Gasteiger partial charge in [0, 0.05) is 42.3 Å². The third-order valence-corrected chi connectivity index (χ3v) is 10.8. The molecule has 326 valence electrons. The molecule has 3 heterocycles. The average Bonchev–Trinajstić information content (AvgIpc) is 3.27. The first-order valence-electron chi connectivity index (χ1n) is 19.4. The Morgan fingerprint density at radius 2 is 1.29 bits per heavy atom. The minimum absolute atomic E-state index is 0.0101. The summed E-state index contributed by atoms with van der Waals surface area (Å²) in [6.45, 7) is 3.20. The van der Waals surface area contributed by atoms with Gasteiger partial charge in [-0.3, -0.25) is 0 Å². The van der Waals surface area contributed by atoms with E-state index >= 15 is 22.0 Å². The van der Waals surface area contributed by atoms with Crippen LogP contribution in [0, 0.1) is 18.6 Å². The molecule has 7 rings (SSSR count). The standard InChI is InChI=1S/C46H40Cl2F5N7O3/c1-25-37(46(51,52)53)41(57-44(38(25)49)60(23-28-10-16-31(62-4)17-11-28)24-29-12-18-32(63-5)19-13-29)36-35(47)21-34-40(39(36)50)58-45(48)59-43(34)56-26(2)33-7-6-20-54-42(33)55-22-27-8-14-30(61-3)15-9-27/h6-21,26H,22-24H2,1-5H3,(H,54,55)(H,56,58,59). The van der Waals surface area contributed by atoms with E-state index in [9.17, 15) is 0 Å². The van der Waals surface area contributed by atoms with Gasteiger partial charge in [0.05, 0.1) is 49.2 Å². The predicted molar refractivity (Wildman–Crippen MR) is 235 cm³/mol. The Morgan fingerprint density at radius 1 is 0.730 bits per heavy atom. The Balaban J connectivity index is 1.31. The predicted octanol–water partition coefficient (Wildman–Crippen LogP) is 12.0. The smallest absolute Gasteiger partial charge is 0.418 e. The largest absolute Gasteiger partial charge is 0.497 e. The minimum atomic E-state index is -5.19. The highest BCUT2D eigenvalue weighted by Gasteiger charge is 2.41. The Bertz CT molecular complexity index is 2700. The van der Waals surface area contributed by atoms with Gasteiger partial charge >= 0.3 is 6.18 Å². The van der Waals surface area contributed by atoms with Crippen molar-refractivity contribution in [2.75, 3.05) is 36.9 Å². The van der Waals surface area contributed by atoms with E-state index in [2.05, 4.69) is 30.6 Å². The van der Waals surface area contributed by atoms with Gasteiger partial charge in [0.15, 0.2) is 17.5 Å². The van der Waals surface area contributed by atoms with Crippen LogP contribution in [0.2, 0.25) is 10.3 Å². The second-order valence-electron chi connectivity index (χ2n) is 14.4. The van der Waals surface area contributed by atoms with Crippen molar-refractivity contribution < 1.29 is 36.2 Å². The van der Waals surface area contributed by atoms with Crippen LogP contribution in [0.1, 0.15) is 46.3 Å². The Kier molecular flexibility index (Phi) is 13.4. The molecule has 2 N–H and O–H groups in total. The van der Waals surface area contributed by atoms with Crippen LogP contribution < -0.4 is 29.7 Å². The van der Waals surface area contributed by atoms with Crippen molar-refractivity contribution in [3.8, 4) is 28.5 Å². The van der Waals surface area contributed by atoms with Crippen molar-refractivity contribution in [3.05, 3.63) is 153 Å². The molecule has 63 heavy (non-hydrogen) atoms. The normalized spacial score (nSPS) is 11.9. The number of pyridine rings is 2. The minimum Gasteiger partial charge on any atom is -0.497 e. The van der Waals surface area contributed by atoms with Gasteiger partial charge in [-0.1, -0.05) is 54.1 Å². The molecule has 0 saturated carbocycles. The highest BCUT2D eigenvalue weighted by Crippen LogP contribution is 2.46. The number of anilines is 3. The summed E-state index contributed by atoms with van der Waals surface area (Å²) in [4.78, 5) is 18.7. The lowest BCUT2D eigenvalue weighted by Gasteiger charge is -2.28. The number of hydrogen-bond donors (Lipinski definition) is 2. The number of methoxy groups -OCH3 is 3. The van der Waals surface area contributed by atoms with Crippen LogP contribution >= 0.6 is 23.2 Å². The molecule has 0 bridgehead atoms. The van der Waals surface area contributed by atoms with Gasteiger partial charge in [-0.2, -0.15) is 13.2 Å². The number of nitrogens with one attached hydrogen (secondary N) is 2. The number of nitrogens with zero attached hydrogens (tertiary/aromatic N) is 5. The van der Waals surface area contributed by atoms with Crippen LogP contribution in [0.3, 0.4) is 0 Å². The fourth-order valence-electron chi connectivity index (χ4n) is 7.13. The summed E-state index contributed by atoms with van der Waals surface area (Å²) in [7, 11) is 4.60. The Hall–Kier alpha value is -6.45. The van der Waals surface area contributed by atoms with E-state index in [-0.39, 0.29) is 24.3 Å². The molecule has 0 spiro atoms. The summed E-state index contributed by atoms with van der Waals surface area (Å²) in [5.41, 5.74) is -1.45. The molecule has 0 aliphatic heterocycles. The lowest BCUT2D eigenvalue weighted by molar-refractivity contribution is -0.137. The van der Waals surface area contributed by atoms with E-state index in [1.165, 1.54) is 25.2 Å². The molecule has 3 aromatic heterocycles. The fourth-order valence-corrected chi connectivity index (χ4v) is 7.58. The van der Waals surface area contributed by atoms with Crippen molar-refractivity contribution in [2.45, 2.75) is 45.7 Å². The third-order valence-electron chi connectivity index (χ3n) is 10.4. The third kappa shape index (κ3) is 9.79. The highest BCUT2D eigenvalue weighted by atomic mass is 35.5. The number of ether oxygens (including phenoxy) is 3. The maximum Gasteiger partial charge on any atom is 0.418 e. The van der Waals surface area contributed by atoms with Crippen LogP contribution in [0.25, 0.3) is 22.2 Å². The van der Waals surface area contributed by atoms with E-state index in [1.54, 1.807) is 67.9 Å². The van der Waals surface area contributed by atoms with Gasteiger partial charge in [-0.05, 0) is 90.7 Å². The summed E-state index contributed by atoms with van der Waals surface area (Å²) in [5.74, 6) is -0.549. The summed E-state index contributed by atoms with van der Waals surface area (Å²) >= 11 is 13.2. The molecular weight excluding hydrogens is 864 g/mol. The second kappa shape index (κ2) is 18.9. The van der Waals surface area contributed by atoms with Crippen molar-refractivity contribution in [2.24, 2.45) is 0 Å². The number of fused-ring (bicyclic) bond motifs is 1. The lowest BCUT2D eigenvalue weighted by atomic mass is 9.98. The first-order chi connectivity index (χ1) is 30.2. The summed E-state index contributed by atoms with van der Waals surface area (Å²) < 4.78 is 94.8. The monoisotopic (exact) mass is 903 g/mol. The molecule has 0 radical (unpaired) electrons.